The standard InChI is InChI=1S/C18H18ClNO4/c1-10-9-18(17(22)23-3,12-6-4-5-7-13(12)19)15-14(20-10)8-11(2)24-16(15)21/h4-7,9,11,20H,8H2,1-3H3. The number of hydrogen-bond donors (Lipinski definition) is 1. The molecule has 0 saturated heterocycles. The Balaban J connectivity index is 2.35. The SMILES string of the molecule is COC(=O)C1(c2ccccc2Cl)C=C(C)NC2=C1C(=O)OC(C)C2. The molecule has 0 aromatic heterocycles. The van der Waals surface area contributed by atoms with Crippen LogP contribution in [0, 0.1) is 0 Å². The number of methoxy groups -OCH3 is 1. The van der Waals surface area contributed by atoms with Crippen LogP contribution in [0.2, 0.25) is 5.02 Å². The van der Waals surface area contributed by atoms with Gasteiger partial charge in [-0.3, -0.25) is 4.79 Å². The Kier molecular flexibility index (Phi) is 4.13. The van der Waals surface area contributed by atoms with Gasteiger partial charge in [-0.15, -0.1) is 0 Å². The summed E-state index contributed by atoms with van der Waals surface area (Å²) in [5.41, 5.74) is 0.740. The van der Waals surface area contributed by atoms with Crippen molar-refractivity contribution < 1.29 is 19.1 Å². The van der Waals surface area contributed by atoms with Gasteiger partial charge in [-0.05, 0) is 31.6 Å². The highest BCUT2D eigenvalue weighted by atomic mass is 35.5. The van der Waals surface area contributed by atoms with Crippen LogP contribution in [0.25, 0.3) is 0 Å². The van der Waals surface area contributed by atoms with Crippen LogP contribution >= 0.6 is 11.6 Å². The van der Waals surface area contributed by atoms with Gasteiger partial charge in [0, 0.05) is 22.8 Å². The lowest BCUT2D eigenvalue weighted by atomic mass is 9.70. The Morgan fingerprint density at radius 3 is 2.79 bits per heavy atom. The molecule has 2 atom stereocenters. The average molecular weight is 348 g/mol. The van der Waals surface area contributed by atoms with Crippen molar-refractivity contribution in [3.8, 4) is 0 Å². The van der Waals surface area contributed by atoms with Crippen LogP contribution in [0.4, 0.5) is 0 Å². The highest BCUT2D eigenvalue weighted by Gasteiger charge is 2.52. The number of hydrogen-bond acceptors (Lipinski definition) is 5. The molecule has 0 amide bonds. The lowest BCUT2D eigenvalue weighted by Crippen LogP contribution is -2.48. The van der Waals surface area contributed by atoms with E-state index in [4.69, 9.17) is 21.1 Å². The van der Waals surface area contributed by atoms with E-state index in [2.05, 4.69) is 5.32 Å². The minimum atomic E-state index is -1.42. The molecule has 2 aliphatic rings. The zero-order valence-electron chi connectivity index (χ0n) is 13.7. The molecule has 1 N–H and O–H groups in total. The van der Waals surface area contributed by atoms with Crippen LogP contribution in [0.15, 0.2) is 47.3 Å². The van der Waals surface area contributed by atoms with Gasteiger partial charge in [0.15, 0.2) is 0 Å². The fourth-order valence-electron chi connectivity index (χ4n) is 3.40. The van der Waals surface area contributed by atoms with Crippen LogP contribution < -0.4 is 5.32 Å². The number of cyclic esters (lactones) is 1. The van der Waals surface area contributed by atoms with E-state index in [0.717, 1.165) is 5.70 Å². The van der Waals surface area contributed by atoms with Gasteiger partial charge in [0.25, 0.3) is 0 Å². The Labute approximate surface area is 145 Å². The van der Waals surface area contributed by atoms with E-state index in [1.807, 2.05) is 13.8 Å². The average Bonchev–Trinajstić information content (AvgIpc) is 2.52. The van der Waals surface area contributed by atoms with Gasteiger partial charge in [0.1, 0.15) is 11.5 Å². The molecule has 0 saturated carbocycles. The van der Waals surface area contributed by atoms with Gasteiger partial charge < -0.3 is 14.8 Å². The van der Waals surface area contributed by atoms with Crippen LogP contribution in [-0.2, 0) is 24.5 Å². The van der Waals surface area contributed by atoms with E-state index in [0.29, 0.717) is 22.7 Å². The summed E-state index contributed by atoms with van der Waals surface area (Å²) in [6.07, 6.45) is 1.90. The van der Waals surface area contributed by atoms with Gasteiger partial charge in [0.2, 0.25) is 0 Å². The smallest absolute Gasteiger partial charge is 0.337 e. The third-order valence-corrected chi connectivity index (χ3v) is 4.62. The fraction of sp³-hybridized carbons (Fsp3) is 0.333. The molecule has 0 bridgehead atoms. The van der Waals surface area contributed by atoms with Crippen LogP contribution in [-0.4, -0.2) is 25.2 Å². The zero-order chi connectivity index (χ0) is 17.5. The van der Waals surface area contributed by atoms with Crippen molar-refractivity contribution in [2.75, 3.05) is 7.11 Å². The summed E-state index contributed by atoms with van der Waals surface area (Å²) in [4.78, 5) is 25.5. The van der Waals surface area contributed by atoms with Crippen molar-refractivity contribution >= 4 is 23.5 Å². The third-order valence-electron chi connectivity index (χ3n) is 4.29. The molecule has 1 aromatic rings. The second-order valence-electron chi connectivity index (χ2n) is 6.01. The monoisotopic (exact) mass is 347 g/mol. The molecule has 2 aliphatic heterocycles. The largest absolute Gasteiger partial charge is 0.468 e. The molecule has 0 radical (unpaired) electrons. The highest BCUT2D eigenvalue weighted by Crippen LogP contribution is 2.45. The van der Waals surface area contributed by atoms with Crippen molar-refractivity contribution in [1.82, 2.24) is 5.32 Å². The summed E-state index contributed by atoms with van der Waals surface area (Å²) in [5, 5.41) is 3.57. The number of dihydropyridines is 1. The maximum absolute atomic E-state index is 12.9. The molecular formula is C18H18ClNO4. The molecule has 2 heterocycles. The highest BCUT2D eigenvalue weighted by molar-refractivity contribution is 6.32. The predicted molar refractivity (Wildman–Crippen MR) is 89.2 cm³/mol. The summed E-state index contributed by atoms with van der Waals surface area (Å²) in [5.74, 6) is -1.11. The van der Waals surface area contributed by atoms with Crippen molar-refractivity contribution in [3.05, 3.63) is 57.9 Å². The number of allylic oxidation sites excluding steroid dienone is 1. The number of halogens is 1. The molecule has 0 fully saturated rings. The maximum atomic E-state index is 12.9. The number of rotatable bonds is 2. The maximum Gasteiger partial charge on any atom is 0.337 e. The lowest BCUT2D eigenvalue weighted by molar-refractivity contribution is -0.152. The Morgan fingerprint density at radius 2 is 2.12 bits per heavy atom. The summed E-state index contributed by atoms with van der Waals surface area (Å²) < 4.78 is 10.4. The van der Waals surface area contributed by atoms with E-state index < -0.39 is 17.4 Å². The molecule has 126 valence electrons. The quantitative estimate of drug-likeness (QED) is 0.833. The molecule has 5 nitrogen and oxygen atoms in total. The normalized spacial score (nSPS) is 26.1. The summed E-state index contributed by atoms with van der Waals surface area (Å²) in [7, 11) is 1.29. The van der Waals surface area contributed by atoms with Crippen LogP contribution in [0.5, 0.6) is 0 Å². The number of benzene rings is 1. The molecular weight excluding hydrogens is 330 g/mol. The summed E-state index contributed by atoms with van der Waals surface area (Å²) in [6.45, 7) is 3.65. The van der Waals surface area contributed by atoms with E-state index in [9.17, 15) is 9.59 Å². The van der Waals surface area contributed by atoms with Gasteiger partial charge in [-0.2, -0.15) is 0 Å². The van der Waals surface area contributed by atoms with Crippen LogP contribution in [0.3, 0.4) is 0 Å². The van der Waals surface area contributed by atoms with Gasteiger partial charge in [-0.25, -0.2) is 4.79 Å². The van der Waals surface area contributed by atoms with Crippen molar-refractivity contribution in [2.45, 2.75) is 31.8 Å². The first-order valence-corrected chi connectivity index (χ1v) is 8.02. The summed E-state index contributed by atoms with van der Waals surface area (Å²) in [6, 6.07) is 6.95. The van der Waals surface area contributed by atoms with Gasteiger partial charge in [0.05, 0.1) is 12.7 Å². The topological polar surface area (TPSA) is 64.6 Å². The van der Waals surface area contributed by atoms with Crippen molar-refractivity contribution in [2.24, 2.45) is 0 Å². The van der Waals surface area contributed by atoms with Gasteiger partial charge in [-0.1, -0.05) is 29.8 Å². The fourth-order valence-corrected chi connectivity index (χ4v) is 3.69. The van der Waals surface area contributed by atoms with Crippen molar-refractivity contribution in [3.63, 3.8) is 0 Å². The number of carbonyl (C=O) groups excluding carboxylic acids is 2. The molecule has 6 heteroatoms. The first-order valence-electron chi connectivity index (χ1n) is 7.64. The lowest BCUT2D eigenvalue weighted by Gasteiger charge is -2.39. The summed E-state index contributed by atoms with van der Waals surface area (Å²) >= 11 is 6.37. The number of esters is 2. The van der Waals surface area contributed by atoms with E-state index >= 15 is 0 Å². The predicted octanol–water partition coefficient (Wildman–Crippen LogP) is 2.85. The first kappa shape index (κ1) is 16.6. The van der Waals surface area contributed by atoms with Crippen molar-refractivity contribution in [1.29, 1.82) is 0 Å². The zero-order valence-corrected chi connectivity index (χ0v) is 14.4. The van der Waals surface area contributed by atoms with E-state index in [1.165, 1.54) is 7.11 Å². The first-order chi connectivity index (χ1) is 11.4. The Bertz CT molecular complexity index is 783. The number of ether oxygens (including phenoxy) is 2. The Hall–Kier alpha value is -2.27. The Morgan fingerprint density at radius 1 is 1.42 bits per heavy atom. The minimum absolute atomic E-state index is 0.242. The molecule has 24 heavy (non-hydrogen) atoms. The van der Waals surface area contributed by atoms with Crippen LogP contribution in [0.1, 0.15) is 25.8 Å². The molecule has 2 unspecified atom stereocenters. The molecule has 0 aliphatic carbocycles. The minimum Gasteiger partial charge on any atom is -0.468 e. The number of carbonyl (C=O) groups is 2. The second kappa shape index (κ2) is 5.98. The second-order valence-corrected chi connectivity index (χ2v) is 6.41. The van der Waals surface area contributed by atoms with E-state index in [1.54, 1.807) is 30.3 Å². The molecule has 1 aromatic carbocycles. The third kappa shape index (κ3) is 2.40. The molecule has 0 spiro atoms. The molecule has 3 rings (SSSR count). The number of nitrogens with one attached hydrogen (secondary N) is 1. The van der Waals surface area contributed by atoms with E-state index in [-0.39, 0.29) is 11.7 Å². The van der Waals surface area contributed by atoms with Gasteiger partial charge >= 0.3 is 11.9 Å².